The van der Waals surface area contributed by atoms with Crippen LogP contribution in [0.25, 0.3) is 11.1 Å². The van der Waals surface area contributed by atoms with Gasteiger partial charge in [0, 0.05) is 17.3 Å². The van der Waals surface area contributed by atoms with Crippen molar-refractivity contribution < 1.29 is 4.39 Å². The molecule has 1 heterocycles. The van der Waals surface area contributed by atoms with E-state index in [4.69, 9.17) is 11.5 Å². The minimum absolute atomic E-state index is 0.329. The highest BCUT2D eigenvalue weighted by atomic mass is 19.1. The summed E-state index contributed by atoms with van der Waals surface area (Å²) in [7, 11) is 0. The molecule has 4 N–H and O–H groups in total. The Morgan fingerprint density at radius 3 is 2.62 bits per heavy atom. The van der Waals surface area contributed by atoms with Crippen LogP contribution in [0.2, 0.25) is 0 Å². The van der Waals surface area contributed by atoms with Crippen LogP contribution in [0.15, 0.2) is 30.6 Å². The third kappa shape index (κ3) is 1.69. The van der Waals surface area contributed by atoms with Gasteiger partial charge in [-0.2, -0.15) is 0 Å². The summed E-state index contributed by atoms with van der Waals surface area (Å²) in [6, 6.07) is 4.84. The van der Waals surface area contributed by atoms with Crippen molar-refractivity contribution in [2.75, 3.05) is 11.5 Å². The number of aryl methyl sites for hydroxylation is 1. The first-order valence-corrected chi connectivity index (χ1v) is 4.85. The zero-order valence-corrected chi connectivity index (χ0v) is 8.87. The fourth-order valence-corrected chi connectivity index (χ4v) is 1.55. The van der Waals surface area contributed by atoms with Gasteiger partial charge in [-0.1, -0.05) is 11.6 Å². The topological polar surface area (TPSA) is 64.9 Å². The third-order valence-corrected chi connectivity index (χ3v) is 2.43. The van der Waals surface area contributed by atoms with Gasteiger partial charge < -0.3 is 11.5 Å². The van der Waals surface area contributed by atoms with Crippen LogP contribution in [0, 0.1) is 12.7 Å². The van der Waals surface area contributed by atoms with Crippen molar-refractivity contribution in [2.45, 2.75) is 6.92 Å². The number of aromatic nitrogens is 1. The molecule has 0 atom stereocenters. The van der Waals surface area contributed by atoms with E-state index in [-0.39, 0.29) is 5.82 Å². The zero-order valence-electron chi connectivity index (χ0n) is 8.87. The summed E-state index contributed by atoms with van der Waals surface area (Å²) in [5.74, 6) is -0.329. The molecule has 0 aliphatic rings. The minimum Gasteiger partial charge on any atom is -0.396 e. The molecule has 0 bridgehead atoms. The van der Waals surface area contributed by atoms with Gasteiger partial charge in [0.1, 0.15) is 5.82 Å². The van der Waals surface area contributed by atoms with Gasteiger partial charge >= 0.3 is 0 Å². The molecule has 0 aliphatic heterocycles. The van der Waals surface area contributed by atoms with Crippen LogP contribution in [-0.4, -0.2) is 4.98 Å². The SMILES string of the molecule is Cc1ccc(F)c(-c2cncc(N)c2N)c1. The molecule has 0 spiro atoms. The number of hydrogen-bond donors (Lipinski definition) is 2. The van der Waals surface area contributed by atoms with Gasteiger partial charge in [-0.15, -0.1) is 0 Å². The van der Waals surface area contributed by atoms with Crippen molar-refractivity contribution in [3.8, 4) is 11.1 Å². The lowest BCUT2D eigenvalue weighted by atomic mass is 10.0. The quantitative estimate of drug-likeness (QED) is 0.770. The van der Waals surface area contributed by atoms with E-state index >= 15 is 0 Å². The molecule has 1 aromatic heterocycles. The number of pyridine rings is 1. The fraction of sp³-hybridized carbons (Fsp3) is 0.0833. The molecule has 2 aromatic rings. The van der Waals surface area contributed by atoms with Crippen molar-refractivity contribution in [2.24, 2.45) is 0 Å². The number of nitrogen functional groups attached to an aromatic ring is 2. The van der Waals surface area contributed by atoms with E-state index in [1.54, 1.807) is 12.1 Å². The average Bonchev–Trinajstić information content (AvgIpc) is 2.26. The standard InChI is InChI=1S/C12H12FN3/c1-7-2-3-10(13)8(4-7)9-5-16-6-11(14)12(9)15/h2-6H,14H2,1H3,(H2,15,16). The van der Waals surface area contributed by atoms with Crippen molar-refractivity contribution in [3.63, 3.8) is 0 Å². The van der Waals surface area contributed by atoms with Crippen LogP contribution in [0.1, 0.15) is 5.56 Å². The first-order valence-electron chi connectivity index (χ1n) is 4.85. The Bertz CT molecular complexity index is 538. The highest BCUT2D eigenvalue weighted by Crippen LogP contribution is 2.31. The molecule has 0 saturated heterocycles. The second kappa shape index (κ2) is 3.81. The minimum atomic E-state index is -0.329. The monoisotopic (exact) mass is 217 g/mol. The molecule has 16 heavy (non-hydrogen) atoms. The molecule has 0 amide bonds. The first-order chi connectivity index (χ1) is 7.59. The third-order valence-electron chi connectivity index (χ3n) is 2.43. The largest absolute Gasteiger partial charge is 0.396 e. The zero-order chi connectivity index (χ0) is 11.7. The normalized spacial score (nSPS) is 10.4. The van der Waals surface area contributed by atoms with E-state index in [2.05, 4.69) is 4.98 Å². The van der Waals surface area contributed by atoms with Crippen LogP contribution in [-0.2, 0) is 0 Å². The maximum Gasteiger partial charge on any atom is 0.131 e. The van der Waals surface area contributed by atoms with E-state index < -0.39 is 0 Å². The molecule has 0 unspecified atom stereocenters. The predicted octanol–water partition coefficient (Wildman–Crippen LogP) is 2.36. The van der Waals surface area contributed by atoms with Crippen molar-refractivity contribution in [1.82, 2.24) is 4.98 Å². The van der Waals surface area contributed by atoms with Gasteiger partial charge in [0.15, 0.2) is 0 Å². The molecule has 0 radical (unpaired) electrons. The van der Waals surface area contributed by atoms with E-state index in [0.29, 0.717) is 22.5 Å². The van der Waals surface area contributed by atoms with Gasteiger partial charge in [-0.25, -0.2) is 4.39 Å². The summed E-state index contributed by atoms with van der Waals surface area (Å²) in [5, 5.41) is 0. The smallest absolute Gasteiger partial charge is 0.131 e. The molecule has 0 fully saturated rings. The number of hydrogen-bond acceptors (Lipinski definition) is 3. The maximum absolute atomic E-state index is 13.6. The maximum atomic E-state index is 13.6. The number of benzene rings is 1. The second-order valence-electron chi connectivity index (χ2n) is 3.67. The Hall–Kier alpha value is -2.10. The predicted molar refractivity (Wildman–Crippen MR) is 63.2 cm³/mol. The van der Waals surface area contributed by atoms with E-state index in [1.807, 2.05) is 6.92 Å². The molecular formula is C12H12FN3. The van der Waals surface area contributed by atoms with Gasteiger partial charge in [0.25, 0.3) is 0 Å². The molecule has 2 rings (SSSR count). The lowest BCUT2D eigenvalue weighted by Gasteiger charge is -2.09. The Balaban J connectivity index is 2.67. The molecule has 4 heteroatoms. The summed E-state index contributed by atoms with van der Waals surface area (Å²) in [6.07, 6.45) is 2.97. The molecule has 82 valence electrons. The number of anilines is 2. The summed E-state index contributed by atoms with van der Waals surface area (Å²) in [5.41, 5.74) is 14.1. The van der Waals surface area contributed by atoms with Gasteiger partial charge in [-0.3, -0.25) is 4.98 Å². The van der Waals surface area contributed by atoms with E-state index in [1.165, 1.54) is 18.5 Å². The van der Waals surface area contributed by atoms with Gasteiger partial charge in [0.2, 0.25) is 0 Å². The van der Waals surface area contributed by atoms with Gasteiger partial charge in [-0.05, 0) is 19.1 Å². The highest BCUT2D eigenvalue weighted by molar-refractivity contribution is 5.83. The lowest BCUT2D eigenvalue weighted by Crippen LogP contribution is -1.99. The summed E-state index contributed by atoms with van der Waals surface area (Å²) in [6.45, 7) is 1.89. The van der Waals surface area contributed by atoms with Crippen LogP contribution < -0.4 is 11.5 Å². The molecule has 1 aromatic carbocycles. The van der Waals surface area contributed by atoms with Crippen molar-refractivity contribution in [1.29, 1.82) is 0 Å². The van der Waals surface area contributed by atoms with E-state index in [9.17, 15) is 4.39 Å². The average molecular weight is 217 g/mol. The highest BCUT2D eigenvalue weighted by Gasteiger charge is 2.10. The number of rotatable bonds is 1. The van der Waals surface area contributed by atoms with Crippen LogP contribution >= 0.6 is 0 Å². The molecule has 0 aliphatic carbocycles. The van der Waals surface area contributed by atoms with Crippen LogP contribution in [0.5, 0.6) is 0 Å². The van der Waals surface area contributed by atoms with E-state index in [0.717, 1.165) is 5.56 Å². The summed E-state index contributed by atoms with van der Waals surface area (Å²) in [4.78, 5) is 3.92. The number of nitrogens with zero attached hydrogens (tertiary/aromatic N) is 1. The number of nitrogens with two attached hydrogens (primary N) is 2. The Kier molecular flexibility index (Phi) is 2.48. The Morgan fingerprint density at radius 2 is 1.88 bits per heavy atom. The first kappa shape index (κ1) is 10.4. The molecule has 0 saturated carbocycles. The Morgan fingerprint density at radius 1 is 1.12 bits per heavy atom. The van der Waals surface area contributed by atoms with Gasteiger partial charge in [0.05, 0.1) is 17.6 Å². The summed E-state index contributed by atoms with van der Waals surface area (Å²) >= 11 is 0. The Labute approximate surface area is 92.9 Å². The lowest BCUT2D eigenvalue weighted by molar-refractivity contribution is 0.631. The summed E-state index contributed by atoms with van der Waals surface area (Å²) < 4.78 is 13.6. The fourth-order valence-electron chi connectivity index (χ4n) is 1.55. The van der Waals surface area contributed by atoms with Crippen molar-refractivity contribution >= 4 is 11.4 Å². The molecular weight excluding hydrogens is 205 g/mol. The van der Waals surface area contributed by atoms with Crippen LogP contribution in [0.3, 0.4) is 0 Å². The number of halogens is 1. The van der Waals surface area contributed by atoms with Crippen molar-refractivity contribution in [3.05, 3.63) is 42.0 Å². The second-order valence-corrected chi connectivity index (χ2v) is 3.67. The molecule has 3 nitrogen and oxygen atoms in total. The van der Waals surface area contributed by atoms with Crippen LogP contribution in [0.4, 0.5) is 15.8 Å².